The SMILES string of the molecule is O=C(Nc1ccc(F)cc1)N1CCC[C@@H](c2nnc3ccccn23)C1. The first-order valence-corrected chi connectivity index (χ1v) is 8.32. The molecule has 7 heteroatoms. The number of nitrogens with zero attached hydrogens (tertiary/aromatic N) is 4. The van der Waals surface area contributed by atoms with Crippen LogP contribution in [-0.4, -0.2) is 38.6 Å². The van der Waals surface area contributed by atoms with Gasteiger partial charge in [-0.15, -0.1) is 10.2 Å². The number of carbonyl (C=O) groups is 1. The Morgan fingerprint density at radius 1 is 1.16 bits per heavy atom. The molecule has 0 bridgehead atoms. The van der Waals surface area contributed by atoms with Crippen molar-refractivity contribution in [3.05, 3.63) is 60.3 Å². The topological polar surface area (TPSA) is 62.5 Å². The van der Waals surface area contributed by atoms with Gasteiger partial charge in [0.1, 0.15) is 11.6 Å². The van der Waals surface area contributed by atoms with Crippen molar-refractivity contribution >= 4 is 17.4 Å². The van der Waals surface area contributed by atoms with E-state index in [-0.39, 0.29) is 17.8 Å². The fraction of sp³-hybridized carbons (Fsp3) is 0.278. The summed E-state index contributed by atoms with van der Waals surface area (Å²) in [6.07, 6.45) is 3.82. The summed E-state index contributed by atoms with van der Waals surface area (Å²) in [5.41, 5.74) is 1.40. The van der Waals surface area contributed by atoms with Crippen LogP contribution in [0.1, 0.15) is 24.6 Å². The van der Waals surface area contributed by atoms with E-state index in [1.165, 1.54) is 12.1 Å². The van der Waals surface area contributed by atoms with Crippen molar-refractivity contribution in [1.29, 1.82) is 0 Å². The zero-order valence-electron chi connectivity index (χ0n) is 13.6. The molecule has 4 rings (SSSR count). The molecule has 128 valence electrons. The highest BCUT2D eigenvalue weighted by Gasteiger charge is 2.27. The number of carbonyl (C=O) groups excluding carboxylic acids is 1. The van der Waals surface area contributed by atoms with E-state index in [1.807, 2.05) is 28.8 Å². The maximum Gasteiger partial charge on any atom is 0.321 e. The molecule has 1 aliphatic rings. The quantitative estimate of drug-likeness (QED) is 0.779. The van der Waals surface area contributed by atoms with Gasteiger partial charge in [0.25, 0.3) is 0 Å². The Kier molecular flexibility index (Phi) is 4.05. The summed E-state index contributed by atoms with van der Waals surface area (Å²) < 4.78 is 15.0. The Morgan fingerprint density at radius 3 is 2.84 bits per heavy atom. The molecular formula is C18H18FN5O. The van der Waals surface area contributed by atoms with Crippen LogP contribution in [0, 0.1) is 5.82 Å². The number of nitrogens with one attached hydrogen (secondary N) is 1. The molecule has 1 N–H and O–H groups in total. The van der Waals surface area contributed by atoms with Crippen molar-refractivity contribution in [2.24, 2.45) is 0 Å². The molecule has 1 saturated heterocycles. The molecule has 25 heavy (non-hydrogen) atoms. The van der Waals surface area contributed by atoms with Crippen LogP contribution in [0.2, 0.25) is 0 Å². The fourth-order valence-corrected chi connectivity index (χ4v) is 3.25. The van der Waals surface area contributed by atoms with Crippen LogP contribution in [0.15, 0.2) is 48.7 Å². The summed E-state index contributed by atoms with van der Waals surface area (Å²) in [5.74, 6) is 0.703. The van der Waals surface area contributed by atoms with Gasteiger partial charge in [0.05, 0.1) is 0 Å². The fourth-order valence-electron chi connectivity index (χ4n) is 3.25. The van der Waals surface area contributed by atoms with Crippen molar-refractivity contribution in [3.8, 4) is 0 Å². The molecule has 0 radical (unpaired) electrons. The van der Waals surface area contributed by atoms with Crippen molar-refractivity contribution < 1.29 is 9.18 Å². The lowest BCUT2D eigenvalue weighted by atomic mass is 9.97. The third kappa shape index (κ3) is 3.17. The molecule has 2 amide bonds. The summed E-state index contributed by atoms with van der Waals surface area (Å²) in [6, 6.07) is 11.4. The summed E-state index contributed by atoms with van der Waals surface area (Å²) >= 11 is 0. The number of halogens is 1. The van der Waals surface area contributed by atoms with Crippen LogP contribution in [0.5, 0.6) is 0 Å². The molecule has 1 aromatic carbocycles. The lowest BCUT2D eigenvalue weighted by Crippen LogP contribution is -2.42. The molecule has 1 aliphatic heterocycles. The number of urea groups is 1. The molecule has 3 aromatic rings. The molecule has 3 heterocycles. The van der Waals surface area contributed by atoms with Crippen LogP contribution in [0.4, 0.5) is 14.9 Å². The average molecular weight is 339 g/mol. The van der Waals surface area contributed by atoms with E-state index in [0.717, 1.165) is 24.3 Å². The van der Waals surface area contributed by atoms with Gasteiger partial charge in [-0.25, -0.2) is 9.18 Å². The van der Waals surface area contributed by atoms with Gasteiger partial charge in [0.2, 0.25) is 0 Å². The van der Waals surface area contributed by atoms with E-state index >= 15 is 0 Å². The molecule has 0 aliphatic carbocycles. The molecular weight excluding hydrogens is 321 g/mol. The minimum absolute atomic E-state index is 0.144. The van der Waals surface area contributed by atoms with Crippen molar-refractivity contribution in [3.63, 3.8) is 0 Å². The maximum absolute atomic E-state index is 13.0. The second-order valence-electron chi connectivity index (χ2n) is 6.21. The summed E-state index contributed by atoms with van der Waals surface area (Å²) in [7, 11) is 0. The van der Waals surface area contributed by atoms with E-state index in [9.17, 15) is 9.18 Å². The van der Waals surface area contributed by atoms with Crippen LogP contribution in [-0.2, 0) is 0 Å². The van der Waals surface area contributed by atoms with Crippen molar-refractivity contribution in [1.82, 2.24) is 19.5 Å². The first kappa shape index (κ1) is 15.6. The number of pyridine rings is 1. The van der Waals surface area contributed by atoms with E-state index < -0.39 is 0 Å². The number of hydrogen-bond acceptors (Lipinski definition) is 3. The smallest absolute Gasteiger partial charge is 0.321 e. The van der Waals surface area contributed by atoms with E-state index in [2.05, 4.69) is 15.5 Å². The third-order valence-corrected chi connectivity index (χ3v) is 4.51. The lowest BCUT2D eigenvalue weighted by molar-refractivity contribution is 0.191. The number of likely N-dealkylation sites (tertiary alicyclic amines) is 1. The van der Waals surface area contributed by atoms with Gasteiger partial charge in [0.15, 0.2) is 5.65 Å². The van der Waals surface area contributed by atoms with E-state index in [4.69, 9.17) is 0 Å². The van der Waals surface area contributed by atoms with E-state index in [0.29, 0.717) is 18.8 Å². The number of benzene rings is 1. The number of hydrogen-bond donors (Lipinski definition) is 1. The zero-order valence-corrected chi connectivity index (χ0v) is 13.6. The Hall–Kier alpha value is -2.96. The van der Waals surface area contributed by atoms with Gasteiger partial charge in [-0.1, -0.05) is 6.07 Å². The number of piperidine rings is 1. The second kappa shape index (κ2) is 6.51. The maximum atomic E-state index is 13.0. The summed E-state index contributed by atoms with van der Waals surface area (Å²) in [5, 5.41) is 11.3. The first-order chi connectivity index (χ1) is 12.2. The number of fused-ring (bicyclic) bond motifs is 1. The highest BCUT2D eigenvalue weighted by molar-refractivity contribution is 5.89. The highest BCUT2D eigenvalue weighted by Crippen LogP contribution is 2.26. The molecule has 6 nitrogen and oxygen atoms in total. The standard InChI is InChI=1S/C18H18FN5O/c19-14-6-8-15(9-7-14)20-18(25)23-10-3-4-13(12-23)17-22-21-16-5-1-2-11-24(16)17/h1-2,5-9,11,13H,3-4,10,12H2,(H,20,25)/t13-/m1/s1. The van der Waals surface area contributed by atoms with Crippen LogP contribution in [0.25, 0.3) is 5.65 Å². The molecule has 1 fully saturated rings. The molecule has 0 saturated carbocycles. The van der Waals surface area contributed by atoms with Crippen LogP contribution >= 0.6 is 0 Å². The predicted molar refractivity (Wildman–Crippen MR) is 92.0 cm³/mol. The normalized spacial score (nSPS) is 17.6. The Bertz CT molecular complexity index is 892. The van der Waals surface area contributed by atoms with Gasteiger partial charge in [-0.2, -0.15) is 0 Å². The molecule has 2 aromatic heterocycles. The largest absolute Gasteiger partial charge is 0.324 e. The third-order valence-electron chi connectivity index (χ3n) is 4.51. The van der Waals surface area contributed by atoms with Crippen molar-refractivity contribution in [2.75, 3.05) is 18.4 Å². The van der Waals surface area contributed by atoms with Gasteiger partial charge >= 0.3 is 6.03 Å². The average Bonchev–Trinajstić information content (AvgIpc) is 3.08. The monoisotopic (exact) mass is 339 g/mol. The van der Waals surface area contributed by atoms with Gasteiger partial charge < -0.3 is 10.2 Å². The Balaban J connectivity index is 1.49. The van der Waals surface area contributed by atoms with Gasteiger partial charge in [-0.3, -0.25) is 4.40 Å². The molecule has 0 unspecified atom stereocenters. The predicted octanol–water partition coefficient (Wildman–Crippen LogP) is 3.28. The summed E-state index contributed by atoms with van der Waals surface area (Å²) in [4.78, 5) is 14.3. The Morgan fingerprint density at radius 2 is 2.00 bits per heavy atom. The van der Waals surface area contributed by atoms with Gasteiger partial charge in [-0.05, 0) is 49.2 Å². The minimum Gasteiger partial charge on any atom is -0.324 e. The minimum atomic E-state index is -0.324. The molecule has 0 spiro atoms. The second-order valence-corrected chi connectivity index (χ2v) is 6.21. The molecule has 1 atom stereocenters. The van der Waals surface area contributed by atoms with Gasteiger partial charge in [0, 0.05) is 30.9 Å². The number of amides is 2. The van der Waals surface area contributed by atoms with Crippen LogP contribution in [0.3, 0.4) is 0 Å². The lowest BCUT2D eigenvalue weighted by Gasteiger charge is -2.32. The summed E-state index contributed by atoms with van der Waals surface area (Å²) in [6.45, 7) is 1.28. The van der Waals surface area contributed by atoms with Crippen LogP contribution < -0.4 is 5.32 Å². The van der Waals surface area contributed by atoms with Crippen molar-refractivity contribution in [2.45, 2.75) is 18.8 Å². The Labute approximate surface area is 144 Å². The number of rotatable bonds is 2. The zero-order chi connectivity index (χ0) is 17.2. The number of anilines is 1. The van der Waals surface area contributed by atoms with E-state index in [1.54, 1.807) is 17.0 Å². The highest BCUT2D eigenvalue weighted by atomic mass is 19.1. The first-order valence-electron chi connectivity index (χ1n) is 8.32. The number of aromatic nitrogens is 3.